The first-order chi connectivity index (χ1) is 8.82. The summed E-state index contributed by atoms with van der Waals surface area (Å²) in [6.45, 7) is 0.623. The van der Waals surface area contributed by atoms with Crippen LogP contribution in [0.15, 0.2) is 4.99 Å². The van der Waals surface area contributed by atoms with Gasteiger partial charge < -0.3 is 26.8 Å². The Kier molecular flexibility index (Phi) is 8.27. The summed E-state index contributed by atoms with van der Waals surface area (Å²) in [5.74, 6) is -1.32. The fourth-order valence-electron chi connectivity index (χ4n) is 1.45. The minimum atomic E-state index is -1.03. The lowest BCUT2D eigenvalue weighted by atomic mass is 10.1. The van der Waals surface area contributed by atoms with Gasteiger partial charge >= 0.3 is 5.97 Å². The zero-order valence-corrected chi connectivity index (χ0v) is 11.4. The second kappa shape index (κ2) is 9.15. The van der Waals surface area contributed by atoms with Gasteiger partial charge in [0.15, 0.2) is 5.96 Å². The number of carboxylic acid groups (broad SMARTS) is 1. The van der Waals surface area contributed by atoms with E-state index in [1.807, 2.05) is 0 Å². The average Bonchev–Trinajstić information content (AvgIpc) is 2.25. The van der Waals surface area contributed by atoms with Crippen molar-refractivity contribution in [1.82, 2.24) is 10.2 Å². The molecule has 0 aliphatic carbocycles. The molecule has 1 atom stereocenters. The zero-order valence-electron chi connectivity index (χ0n) is 11.4. The Hall–Kier alpha value is -1.83. The summed E-state index contributed by atoms with van der Waals surface area (Å²) in [6.07, 6.45) is 1.65. The highest BCUT2D eigenvalue weighted by molar-refractivity contribution is 5.84. The third kappa shape index (κ3) is 9.83. The van der Waals surface area contributed by atoms with Crippen molar-refractivity contribution >= 4 is 17.8 Å². The number of nitrogens with two attached hydrogens (primary N) is 2. The molecule has 0 aromatic rings. The number of hydrogen-bond acceptors (Lipinski definition) is 4. The molecule has 19 heavy (non-hydrogen) atoms. The summed E-state index contributed by atoms with van der Waals surface area (Å²) in [4.78, 5) is 27.9. The summed E-state index contributed by atoms with van der Waals surface area (Å²) in [7, 11) is 3.48. The smallest absolute Gasteiger partial charge is 0.326 e. The fourth-order valence-corrected chi connectivity index (χ4v) is 1.45. The van der Waals surface area contributed by atoms with E-state index in [0.717, 1.165) is 0 Å². The second-order valence-corrected chi connectivity index (χ2v) is 4.50. The van der Waals surface area contributed by atoms with Crippen molar-refractivity contribution in [1.29, 1.82) is 0 Å². The Morgan fingerprint density at radius 3 is 2.42 bits per heavy atom. The fraction of sp³-hybridized carbons (Fsp3) is 0.727. The minimum Gasteiger partial charge on any atom is -0.480 e. The van der Waals surface area contributed by atoms with Crippen molar-refractivity contribution in [2.45, 2.75) is 25.3 Å². The summed E-state index contributed by atoms with van der Waals surface area (Å²) in [5.41, 5.74) is 10.3. The lowest BCUT2D eigenvalue weighted by Gasteiger charge is -2.16. The van der Waals surface area contributed by atoms with Crippen molar-refractivity contribution in [3.8, 4) is 0 Å². The van der Waals surface area contributed by atoms with Crippen LogP contribution < -0.4 is 16.8 Å². The predicted molar refractivity (Wildman–Crippen MR) is 72.6 cm³/mol. The Balaban J connectivity index is 4.03. The van der Waals surface area contributed by atoms with Crippen LogP contribution in [0.4, 0.5) is 0 Å². The van der Waals surface area contributed by atoms with E-state index in [9.17, 15) is 9.59 Å². The van der Waals surface area contributed by atoms with Crippen LogP contribution in [0.3, 0.4) is 0 Å². The van der Waals surface area contributed by atoms with Gasteiger partial charge in [0, 0.05) is 6.54 Å². The topological polar surface area (TPSA) is 134 Å². The van der Waals surface area contributed by atoms with Gasteiger partial charge in [-0.05, 0) is 33.4 Å². The number of aliphatic carboxylic acids is 1. The van der Waals surface area contributed by atoms with E-state index in [1.165, 1.54) is 0 Å². The van der Waals surface area contributed by atoms with Gasteiger partial charge in [0.1, 0.15) is 6.04 Å². The molecule has 0 aromatic carbocycles. The van der Waals surface area contributed by atoms with Gasteiger partial charge in [-0.15, -0.1) is 0 Å². The Morgan fingerprint density at radius 1 is 1.32 bits per heavy atom. The number of likely N-dealkylation sites (N-methyl/N-ethyl adjacent to an activating group) is 1. The van der Waals surface area contributed by atoms with Gasteiger partial charge in [-0.1, -0.05) is 0 Å². The molecule has 0 saturated heterocycles. The molecule has 0 rings (SSSR count). The van der Waals surface area contributed by atoms with Crippen LogP contribution >= 0.6 is 0 Å². The molecule has 0 saturated carbocycles. The lowest BCUT2D eigenvalue weighted by molar-refractivity contribution is -0.142. The lowest BCUT2D eigenvalue weighted by Crippen LogP contribution is -2.44. The van der Waals surface area contributed by atoms with E-state index in [4.69, 9.17) is 16.6 Å². The van der Waals surface area contributed by atoms with Crippen molar-refractivity contribution in [3.05, 3.63) is 0 Å². The van der Waals surface area contributed by atoms with Gasteiger partial charge in [0.2, 0.25) is 5.91 Å². The molecule has 8 heteroatoms. The molecule has 0 aliphatic heterocycles. The van der Waals surface area contributed by atoms with E-state index in [-0.39, 0.29) is 18.4 Å². The summed E-state index contributed by atoms with van der Waals surface area (Å²) in [5, 5.41) is 11.5. The number of carboxylic acids is 1. The molecule has 8 nitrogen and oxygen atoms in total. The number of carbonyl (C=O) groups is 2. The highest BCUT2D eigenvalue weighted by atomic mass is 16.4. The first-order valence-electron chi connectivity index (χ1n) is 6.05. The van der Waals surface area contributed by atoms with Crippen LogP contribution in [0.5, 0.6) is 0 Å². The normalized spacial score (nSPS) is 11.9. The number of carbonyl (C=O) groups excluding carboxylic acids is 1. The van der Waals surface area contributed by atoms with E-state index in [2.05, 4.69) is 10.3 Å². The first kappa shape index (κ1) is 17.2. The largest absolute Gasteiger partial charge is 0.480 e. The molecule has 0 unspecified atom stereocenters. The molecule has 0 heterocycles. The standard InChI is InChI=1S/C11H23N5O3/c1-16(2)7-9(17)15-8(10(18)19)5-3-4-6-14-11(12)13/h8H,3-7H2,1-2H3,(H,15,17)(H,18,19)(H4,12,13,14)/t8-/m0/s1. The van der Waals surface area contributed by atoms with Gasteiger partial charge in [-0.2, -0.15) is 0 Å². The molecule has 0 spiro atoms. The van der Waals surface area contributed by atoms with Gasteiger partial charge in [-0.3, -0.25) is 9.79 Å². The molecule has 6 N–H and O–H groups in total. The molecule has 110 valence electrons. The highest BCUT2D eigenvalue weighted by Gasteiger charge is 2.19. The van der Waals surface area contributed by atoms with E-state index < -0.39 is 12.0 Å². The van der Waals surface area contributed by atoms with Crippen LogP contribution in [-0.2, 0) is 9.59 Å². The summed E-state index contributed by atoms with van der Waals surface area (Å²) >= 11 is 0. The maximum atomic E-state index is 11.5. The van der Waals surface area contributed by atoms with Crippen LogP contribution in [-0.4, -0.2) is 61.1 Å². The number of rotatable bonds is 9. The SMILES string of the molecule is CN(C)CC(=O)N[C@@H](CCCCN=C(N)N)C(=O)O. The number of guanidine groups is 1. The molecule has 0 aliphatic rings. The number of amides is 1. The number of nitrogens with zero attached hydrogens (tertiary/aromatic N) is 2. The van der Waals surface area contributed by atoms with Gasteiger partial charge in [0.05, 0.1) is 6.54 Å². The number of hydrogen-bond donors (Lipinski definition) is 4. The molecule has 1 amide bonds. The molecule has 0 fully saturated rings. The van der Waals surface area contributed by atoms with Gasteiger partial charge in [-0.25, -0.2) is 4.79 Å². The Bertz CT molecular complexity index is 326. The van der Waals surface area contributed by atoms with Gasteiger partial charge in [0.25, 0.3) is 0 Å². The van der Waals surface area contributed by atoms with Crippen molar-refractivity contribution in [2.24, 2.45) is 16.5 Å². The molecular weight excluding hydrogens is 250 g/mol. The maximum Gasteiger partial charge on any atom is 0.326 e. The first-order valence-corrected chi connectivity index (χ1v) is 6.05. The number of unbranched alkanes of at least 4 members (excludes halogenated alkanes) is 1. The Labute approximate surface area is 112 Å². The van der Waals surface area contributed by atoms with Crippen molar-refractivity contribution in [3.63, 3.8) is 0 Å². The zero-order chi connectivity index (χ0) is 14.8. The van der Waals surface area contributed by atoms with Crippen LogP contribution in [0.25, 0.3) is 0 Å². The summed E-state index contributed by atoms with van der Waals surface area (Å²) < 4.78 is 0. The van der Waals surface area contributed by atoms with E-state index >= 15 is 0 Å². The quantitative estimate of drug-likeness (QED) is 0.231. The molecule has 0 bridgehead atoms. The van der Waals surface area contributed by atoms with E-state index in [1.54, 1.807) is 19.0 Å². The molecule has 0 aromatic heterocycles. The molecular formula is C11H23N5O3. The highest BCUT2D eigenvalue weighted by Crippen LogP contribution is 2.02. The van der Waals surface area contributed by atoms with Crippen molar-refractivity contribution < 1.29 is 14.7 Å². The van der Waals surface area contributed by atoms with E-state index in [0.29, 0.717) is 25.8 Å². The average molecular weight is 273 g/mol. The minimum absolute atomic E-state index is 0.0223. The Morgan fingerprint density at radius 2 is 1.95 bits per heavy atom. The van der Waals surface area contributed by atoms with Crippen LogP contribution in [0.1, 0.15) is 19.3 Å². The summed E-state index contributed by atoms with van der Waals surface area (Å²) in [6, 6.07) is -0.869. The van der Waals surface area contributed by atoms with Crippen LogP contribution in [0, 0.1) is 0 Å². The maximum absolute atomic E-state index is 11.5. The number of aliphatic imine (C=N–C) groups is 1. The molecule has 0 radical (unpaired) electrons. The predicted octanol–water partition coefficient (Wildman–Crippen LogP) is -1.44. The second-order valence-electron chi connectivity index (χ2n) is 4.50. The third-order valence-corrected chi connectivity index (χ3v) is 2.29. The third-order valence-electron chi connectivity index (χ3n) is 2.29. The van der Waals surface area contributed by atoms with Crippen molar-refractivity contribution in [2.75, 3.05) is 27.2 Å². The van der Waals surface area contributed by atoms with Crippen LogP contribution in [0.2, 0.25) is 0 Å². The monoisotopic (exact) mass is 273 g/mol. The number of nitrogens with one attached hydrogen (secondary N) is 1.